The van der Waals surface area contributed by atoms with Crippen molar-refractivity contribution in [2.75, 3.05) is 38.7 Å². The van der Waals surface area contributed by atoms with E-state index in [1.54, 1.807) is 42.6 Å². The van der Waals surface area contributed by atoms with Gasteiger partial charge in [0.2, 0.25) is 5.95 Å². The summed E-state index contributed by atoms with van der Waals surface area (Å²) >= 11 is 6.38. The maximum atomic E-state index is 12.8. The largest absolute Gasteiger partial charge is 0.495 e. The van der Waals surface area contributed by atoms with Crippen molar-refractivity contribution in [1.82, 2.24) is 24.6 Å². The molecule has 3 heterocycles. The van der Waals surface area contributed by atoms with E-state index in [0.717, 1.165) is 5.56 Å². The molecule has 1 saturated heterocycles. The fourth-order valence-electron chi connectivity index (χ4n) is 3.44. The molecule has 1 aliphatic rings. The number of morpholine rings is 1. The molecule has 174 valence electrons. The number of hydrogen-bond acceptors (Lipinski definition) is 7. The molecule has 1 aromatic carbocycles. The highest BCUT2D eigenvalue weighted by Gasteiger charge is 2.21. The number of amides is 1. The molecule has 2 aromatic heterocycles. The van der Waals surface area contributed by atoms with Gasteiger partial charge in [0, 0.05) is 30.4 Å². The van der Waals surface area contributed by atoms with Crippen LogP contribution in [-0.4, -0.2) is 64.0 Å². The van der Waals surface area contributed by atoms with Crippen LogP contribution in [0, 0.1) is 0 Å². The van der Waals surface area contributed by atoms with Crippen molar-refractivity contribution in [2.45, 2.75) is 26.3 Å². The Labute approximate surface area is 197 Å². The molecule has 0 saturated carbocycles. The van der Waals surface area contributed by atoms with Crippen LogP contribution >= 0.6 is 11.6 Å². The first-order valence-corrected chi connectivity index (χ1v) is 11.0. The van der Waals surface area contributed by atoms with Gasteiger partial charge in [-0.1, -0.05) is 11.6 Å². The summed E-state index contributed by atoms with van der Waals surface area (Å²) in [6.45, 7) is 8.46. The average molecular weight is 471 g/mol. The van der Waals surface area contributed by atoms with E-state index in [1.165, 1.54) is 0 Å². The lowest BCUT2D eigenvalue weighted by Gasteiger charge is -2.27. The maximum absolute atomic E-state index is 12.8. The quantitative estimate of drug-likeness (QED) is 0.602. The fourth-order valence-corrected chi connectivity index (χ4v) is 3.64. The number of methoxy groups -OCH3 is 1. The second kappa shape index (κ2) is 9.36. The minimum Gasteiger partial charge on any atom is -0.495 e. The van der Waals surface area contributed by atoms with Crippen LogP contribution in [0.5, 0.6) is 5.75 Å². The van der Waals surface area contributed by atoms with Crippen molar-refractivity contribution >= 4 is 29.1 Å². The fraction of sp³-hybridized carbons (Fsp3) is 0.391. The third-order valence-electron chi connectivity index (χ3n) is 5.28. The molecule has 1 amide bonds. The zero-order chi connectivity index (χ0) is 23.6. The van der Waals surface area contributed by atoms with Gasteiger partial charge in [-0.05, 0) is 39.0 Å². The summed E-state index contributed by atoms with van der Waals surface area (Å²) in [5, 5.41) is 8.01. The van der Waals surface area contributed by atoms with Crippen LogP contribution in [0.4, 0.5) is 11.6 Å². The standard InChI is InChI=1S/C23H27ClN6O3/c1-23(2,3)30-14-16(12-26-30)20-17(24)13-25-22(28-20)27-18-6-5-15(11-19(18)32-4)21(31)29-7-9-33-10-8-29/h5-6,11-14H,7-10H2,1-4H3,(H,25,27,28). The molecule has 0 bridgehead atoms. The Balaban J connectivity index is 1.58. The van der Waals surface area contributed by atoms with Crippen LogP contribution < -0.4 is 10.1 Å². The minimum absolute atomic E-state index is 0.0518. The highest BCUT2D eigenvalue weighted by molar-refractivity contribution is 6.32. The van der Waals surface area contributed by atoms with Crippen molar-refractivity contribution in [1.29, 1.82) is 0 Å². The highest BCUT2D eigenvalue weighted by atomic mass is 35.5. The van der Waals surface area contributed by atoms with Crippen LogP contribution in [0.1, 0.15) is 31.1 Å². The number of anilines is 2. The Morgan fingerprint density at radius 1 is 1.21 bits per heavy atom. The van der Waals surface area contributed by atoms with Gasteiger partial charge in [0.05, 0.1) is 54.7 Å². The number of nitrogens with one attached hydrogen (secondary N) is 1. The SMILES string of the molecule is COc1cc(C(=O)N2CCOCC2)ccc1Nc1ncc(Cl)c(-c2cnn(C(C)(C)C)c2)n1. The first-order valence-electron chi connectivity index (χ1n) is 10.7. The summed E-state index contributed by atoms with van der Waals surface area (Å²) < 4.78 is 12.7. The van der Waals surface area contributed by atoms with Crippen LogP contribution in [0.3, 0.4) is 0 Å². The second-order valence-corrected chi connectivity index (χ2v) is 9.09. The molecule has 33 heavy (non-hydrogen) atoms. The molecule has 0 unspecified atom stereocenters. The van der Waals surface area contributed by atoms with Crippen molar-refractivity contribution < 1.29 is 14.3 Å². The molecule has 10 heteroatoms. The highest BCUT2D eigenvalue weighted by Crippen LogP contribution is 2.31. The molecular weight excluding hydrogens is 444 g/mol. The Kier molecular flexibility index (Phi) is 6.53. The monoisotopic (exact) mass is 470 g/mol. The second-order valence-electron chi connectivity index (χ2n) is 8.68. The molecule has 0 atom stereocenters. The van der Waals surface area contributed by atoms with E-state index >= 15 is 0 Å². The van der Waals surface area contributed by atoms with E-state index in [4.69, 9.17) is 21.1 Å². The number of hydrogen-bond donors (Lipinski definition) is 1. The summed E-state index contributed by atoms with van der Waals surface area (Å²) in [6.07, 6.45) is 5.18. The van der Waals surface area contributed by atoms with E-state index in [-0.39, 0.29) is 11.4 Å². The number of nitrogens with zero attached hydrogens (tertiary/aromatic N) is 5. The molecule has 1 N–H and O–H groups in total. The molecular formula is C23H27ClN6O3. The first kappa shape index (κ1) is 23.0. The lowest BCUT2D eigenvalue weighted by Crippen LogP contribution is -2.40. The van der Waals surface area contributed by atoms with Gasteiger partial charge in [0.1, 0.15) is 5.75 Å². The van der Waals surface area contributed by atoms with E-state index in [0.29, 0.717) is 60.0 Å². The van der Waals surface area contributed by atoms with Gasteiger partial charge in [-0.15, -0.1) is 0 Å². The van der Waals surface area contributed by atoms with Crippen LogP contribution in [0.25, 0.3) is 11.3 Å². The van der Waals surface area contributed by atoms with Crippen LogP contribution in [0.2, 0.25) is 5.02 Å². The van der Waals surface area contributed by atoms with Gasteiger partial charge in [-0.25, -0.2) is 9.97 Å². The lowest BCUT2D eigenvalue weighted by molar-refractivity contribution is 0.0302. The molecule has 0 spiro atoms. The smallest absolute Gasteiger partial charge is 0.254 e. The van der Waals surface area contributed by atoms with E-state index in [1.807, 2.05) is 10.9 Å². The van der Waals surface area contributed by atoms with Crippen molar-refractivity contribution in [3.05, 3.63) is 47.4 Å². The van der Waals surface area contributed by atoms with E-state index in [9.17, 15) is 4.79 Å². The Morgan fingerprint density at radius 3 is 2.64 bits per heavy atom. The van der Waals surface area contributed by atoms with Crippen LogP contribution in [-0.2, 0) is 10.3 Å². The molecule has 0 radical (unpaired) electrons. The Hall–Kier alpha value is -3.17. The number of carbonyl (C=O) groups excluding carboxylic acids is 1. The maximum Gasteiger partial charge on any atom is 0.254 e. The lowest BCUT2D eigenvalue weighted by atomic mass is 10.1. The molecule has 4 rings (SSSR count). The average Bonchev–Trinajstić information content (AvgIpc) is 3.31. The van der Waals surface area contributed by atoms with Crippen molar-refractivity contribution in [2.24, 2.45) is 0 Å². The summed E-state index contributed by atoms with van der Waals surface area (Å²) in [7, 11) is 1.55. The topological polar surface area (TPSA) is 94.4 Å². The third kappa shape index (κ3) is 5.09. The van der Waals surface area contributed by atoms with Gasteiger partial charge in [-0.2, -0.15) is 5.10 Å². The van der Waals surface area contributed by atoms with Gasteiger partial charge in [0.15, 0.2) is 0 Å². The van der Waals surface area contributed by atoms with Gasteiger partial charge < -0.3 is 19.7 Å². The molecule has 9 nitrogen and oxygen atoms in total. The summed E-state index contributed by atoms with van der Waals surface area (Å²) in [4.78, 5) is 23.5. The zero-order valence-electron chi connectivity index (χ0n) is 19.1. The minimum atomic E-state index is -0.160. The van der Waals surface area contributed by atoms with Gasteiger partial charge in [-0.3, -0.25) is 9.48 Å². The number of benzene rings is 1. The predicted octanol–water partition coefficient (Wildman–Crippen LogP) is 3.97. The normalized spacial score (nSPS) is 14.3. The number of carbonyl (C=O) groups is 1. The number of rotatable bonds is 5. The molecule has 1 fully saturated rings. The third-order valence-corrected chi connectivity index (χ3v) is 5.56. The Bertz CT molecular complexity index is 1150. The zero-order valence-corrected chi connectivity index (χ0v) is 19.9. The van der Waals surface area contributed by atoms with E-state index < -0.39 is 0 Å². The first-order chi connectivity index (χ1) is 15.8. The number of ether oxygens (including phenoxy) is 2. The van der Waals surface area contributed by atoms with Gasteiger partial charge in [0.25, 0.3) is 5.91 Å². The number of aromatic nitrogens is 4. The number of halogens is 1. The Morgan fingerprint density at radius 2 is 1.97 bits per heavy atom. The van der Waals surface area contributed by atoms with Crippen molar-refractivity contribution in [3.63, 3.8) is 0 Å². The van der Waals surface area contributed by atoms with Crippen molar-refractivity contribution in [3.8, 4) is 17.0 Å². The predicted molar refractivity (Wildman–Crippen MR) is 126 cm³/mol. The molecule has 0 aliphatic carbocycles. The molecule has 3 aromatic rings. The summed E-state index contributed by atoms with van der Waals surface area (Å²) in [5.74, 6) is 0.808. The van der Waals surface area contributed by atoms with Crippen LogP contribution in [0.15, 0.2) is 36.8 Å². The summed E-state index contributed by atoms with van der Waals surface area (Å²) in [5.41, 5.74) is 2.38. The van der Waals surface area contributed by atoms with E-state index in [2.05, 4.69) is 41.2 Å². The summed E-state index contributed by atoms with van der Waals surface area (Å²) in [6, 6.07) is 5.25. The molecule has 1 aliphatic heterocycles. The van der Waals surface area contributed by atoms with Gasteiger partial charge >= 0.3 is 0 Å².